The zero-order valence-electron chi connectivity index (χ0n) is 19.0. The second kappa shape index (κ2) is 10.8. The van der Waals surface area contributed by atoms with Crippen LogP contribution in [0.4, 0.5) is 5.69 Å². The van der Waals surface area contributed by atoms with Gasteiger partial charge in [0, 0.05) is 25.4 Å². The van der Waals surface area contributed by atoms with E-state index >= 15 is 0 Å². The number of methoxy groups -OCH3 is 1. The monoisotopic (exact) mass is 438 g/mol. The number of piperidine rings is 1. The molecule has 1 amide bonds. The highest BCUT2D eigenvalue weighted by Gasteiger charge is 2.41. The molecule has 4 rings (SSSR count). The van der Waals surface area contributed by atoms with Crippen LogP contribution in [-0.4, -0.2) is 57.4 Å². The normalized spacial score (nSPS) is 18.7. The second-order valence-corrected chi connectivity index (χ2v) is 8.65. The maximum Gasteiger partial charge on any atom is 0.235 e. The molecule has 0 atom stereocenters. The van der Waals surface area contributed by atoms with E-state index in [9.17, 15) is 4.79 Å². The molecule has 2 saturated heterocycles. The van der Waals surface area contributed by atoms with E-state index in [1.807, 2.05) is 48.5 Å². The van der Waals surface area contributed by atoms with Crippen molar-refractivity contribution in [1.29, 1.82) is 0 Å². The van der Waals surface area contributed by atoms with Gasteiger partial charge < -0.3 is 19.5 Å². The van der Waals surface area contributed by atoms with Crippen molar-refractivity contribution >= 4 is 11.6 Å². The van der Waals surface area contributed by atoms with E-state index in [2.05, 4.69) is 10.2 Å². The second-order valence-electron chi connectivity index (χ2n) is 8.65. The van der Waals surface area contributed by atoms with E-state index in [1.54, 1.807) is 7.11 Å². The zero-order chi connectivity index (χ0) is 22.2. The Balaban J connectivity index is 1.37. The molecule has 2 fully saturated rings. The molecule has 32 heavy (non-hydrogen) atoms. The van der Waals surface area contributed by atoms with Crippen LogP contribution in [0.5, 0.6) is 11.5 Å². The molecule has 172 valence electrons. The van der Waals surface area contributed by atoms with E-state index in [0.29, 0.717) is 32.7 Å². The third-order valence-corrected chi connectivity index (χ3v) is 6.66. The molecule has 6 heteroatoms. The van der Waals surface area contributed by atoms with E-state index in [-0.39, 0.29) is 5.91 Å². The van der Waals surface area contributed by atoms with Gasteiger partial charge in [0.05, 0.1) is 12.5 Å². The van der Waals surface area contributed by atoms with Gasteiger partial charge in [0.2, 0.25) is 5.91 Å². The summed E-state index contributed by atoms with van der Waals surface area (Å²) in [7, 11) is 1.65. The first kappa shape index (κ1) is 22.6. The number of hydrogen-bond donors (Lipinski definition) is 1. The number of rotatable bonds is 8. The van der Waals surface area contributed by atoms with Crippen LogP contribution >= 0.6 is 0 Å². The number of carbonyl (C=O) groups is 1. The molecule has 2 aliphatic heterocycles. The molecule has 2 aromatic rings. The first-order valence-electron chi connectivity index (χ1n) is 11.7. The van der Waals surface area contributed by atoms with Crippen LogP contribution in [0, 0.1) is 0 Å². The van der Waals surface area contributed by atoms with Crippen molar-refractivity contribution in [2.75, 3.05) is 51.9 Å². The lowest BCUT2D eigenvalue weighted by Gasteiger charge is -2.36. The zero-order valence-corrected chi connectivity index (χ0v) is 19.0. The SMILES string of the molecule is COc1ccc(C2(C(=O)Nc3ccc(OCCN4CCCCC4)cc3)CCOCC2)cc1. The quantitative estimate of drug-likeness (QED) is 0.668. The standard InChI is InChI=1S/C26H34N2O4/c1-30-23-9-5-21(6-10-23)26(13-18-31-19-14-26)25(29)27-22-7-11-24(12-8-22)32-20-17-28-15-3-2-4-16-28/h5-12H,2-4,13-20H2,1H3,(H,27,29). The van der Waals surface area contributed by atoms with E-state index in [0.717, 1.165) is 29.3 Å². The van der Waals surface area contributed by atoms with Crippen LogP contribution < -0.4 is 14.8 Å². The van der Waals surface area contributed by atoms with Gasteiger partial charge >= 0.3 is 0 Å². The third-order valence-electron chi connectivity index (χ3n) is 6.66. The van der Waals surface area contributed by atoms with Crippen molar-refractivity contribution in [2.24, 2.45) is 0 Å². The summed E-state index contributed by atoms with van der Waals surface area (Å²) in [5.41, 5.74) is 1.17. The third kappa shape index (κ3) is 5.43. The van der Waals surface area contributed by atoms with Crippen LogP contribution in [0.3, 0.4) is 0 Å². The molecule has 0 saturated carbocycles. The molecule has 1 N–H and O–H groups in total. The molecular formula is C26H34N2O4. The van der Waals surface area contributed by atoms with Crippen LogP contribution in [-0.2, 0) is 14.9 Å². The first-order chi connectivity index (χ1) is 15.7. The van der Waals surface area contributed by atoms with Crippen molar-refractivity contribution in [3.05, 3.63) is 54.1 Å². The Morgan fingerprint density at radius 2 is 1.62 bits per heavy atom. The summed E-state index contributed by atoms with van der Waals surface area (Å²) in [5, 5.41) is 3.13. The van der Waals surface area contributed by atoms with Gasteiger partial charge in [-0.15, -0.1) is 0 Å². The van der Waals surface area contributed by atoms with E-state index in [4.69, 9.17) is 14.2 Å². The fourth-order valence-corrected chi connectivity index (χ4v) is 4.64. The topological polar surface area (TPSA) is 60.0 Å². The lowest BCUT2D eigenvalue weighted by Crippen LogP contribution is -2.44. The maximum atomic E-state index is 13.4. The summed E-state index contributed by atoms with van der Waals surface area (Å²) in [6, 6.07) is 15.5. The van der Waals surface area contributed by atoms with Gasteiger partial charge in [0.1, 0.15) is 18.1 Å². The summed E-state index contributed by atoms with van der Waals surface area (Å²) in [5.74, 6) is 1.62. The molecule has 0 aliphatic carbocycles. The van der Waals surface area contributed by atoms with E-state index in [1.165, 1.54) is 32.4 Å². The number of benzene rings is 2. The highest BCUT2D eigenvalue weighted by molar-refractivity contribution is 5.99. The summed E-state index contributed by atoms with van der Waals surface area (Å²) in [6.07, 6.45) is 5.24. The van der Waals surface area contributed by atoms with Gasteiger partial charge in [-0.1, -0.05) is 18.6 Å². The lowest BCUT2D eigenvalue weighted by atomic mass is 9.73. The van der Waals surface area contributed by atoms with E-state index < -0.39 is 5.41 Å². The molecule has 2 aliphatic rings. The fourth-order valence-electron chi connectivity index (χ4n) is 4.64. The van der Waals surface area contributed by atoms with Gasteiger partial charge in [0.15, 0.2) is 0 Å². The number of amides is 1. The minimum atomic E-state index is -0.603. The van der Waals surface area contributed by atoms with Gasteiger partial charge in [0.25, 0.3) is 0 Å². The average molecular weight is 439 g/mol. The Bertz CT molecular complexity index is 854. The van der Waals surface area contributed by atoms with Gasteiger partial charge in [-0.2, -0.15) is 0 Å². The van der Waals surface area contributed by atoms with Crippen molar-refractivity contribution < 1.29 is 19.0 Å². The summed E-state index contributed by atoms with van der Waals surface area (Å²) < 4.78 is 16.8. The maximum absolute atomic E-state index is 13.4. The summed E-state index contributed by atoms with van der Waals surface area (Å²) in [4.78, 5) is 15.9. The molecule has 2 aromatic carbocycles. The molecule has 0 radical (unpaired) electrons. The summed E-state index contributed by atoms with van der Waals surface area (Å²) in [6.45, 7) is 5.15. The van der Waals surface area contributed by atoms with Crippen molar-refractivity contribution in [3.63, 3.8) is 0 Å². The highest BCUT2D eigenvalue weighted by atomic mass is 16.5. The number of nitrogens with zero attached hydrogens (tertiary/aromatic N) is 1. The highest BCUT2D eigenvalue weighted by Crippen LogP contribution is 2.37. The smallest absolute Gasteiger partial charge is 0.235 e. The Kier molecular flexibility index (Phi) is 7.66. The number of likely N-dealkylation sites (tertiary alicyclic amines) is 1. The minimum absolute atomic E-state index is 0.00438. The van der Waals surface area contributed by atoms with Crippen LogP contribution in [0.1, 0.15) is 37.7 Å². The minimum Gasteiger partial charge on any atom is -0.497 e. The number of carbonyl (C=O) groups excluding carboxylic acids is 1. The molecule has 0 aromatic heterocycles. The lowest BCUT2D eigenvalue weighted by molar-refractivity contribution is -0.125. The Hall–Kier alpha value is -2.57. The molecule has 0 spiro atoms. The Morgan fingerprint density at radius 3 is 2.28 bits per heavy atom. The van der Waals surface area contributed by atoms with Crippen molar-refractivity contribution in [2.45, 2.75) is 37.5 Å². The molecule has 6 nitrogen and oxygen atoms in total. The largest absolute Gasteiger partial charge is 0.497 e. The molecule has 0 bridgehead atoms. The van der Waals surface area contributed by atoms with Crippen molar-refractivity contribution in [1.82, 2.24) is 4.90 Å². The number of anilines is 1. The number of ether oxygens (including phenoxy) is 3. The predicted octanol–water partition coefficient (Wildman–Crippen LogP) is 4.25. The van der Waals surface area contributed by atoms with Gasteiger partial charge in [-0.3, -0.25) is 9.69 Å². The van der Waals surface area contributed by atoms with Gasteiger partial charge in [-0.05, 0) is 80.7 Å². The molecular weight excluding hydrogens is 404 g/mol. The van der Waals surface area contributed by atoms with Crippen LogP contribution in [0.2, 0.25) is 0 Å². The van der Waals surface area contributed by atoms with Crippen LogP contribution in [0.15, 0.2) is 48.5 Å². The predicted molar refractivity (Wildman–Crippen MR) is 126 cm³/mol. The Morgan fingerprint density at radius 1 is 0.969 bits per heavy atom. The van der Waals surface area contributed by atoms with Crippen molar-refractivity contribution in [3.8, 4) is 11.5 Å². The molecule has 2 heterocycles. The summed E-state index contributed by atoms with van der Waals surface area (Å²) >= 11 is 0. The van der Waals surface area contributed by atoms with Crippen LogP contribution in [0.25, 0.3) is 0 Å². The number of nitrogens with one attached hydrogen (secondary N) is 1. The Labute approximate surface area is 190 Å². The van der Waals surface area contributed by atoms with Gasteiger partial charge in [-0.25, -0.2) is 0 Å². The average Bonchev–Trinajstić information content (AvgIpc) is 2.86. The first-order valence-corrected chi connectivity index (χ1v) is 11.7. The number of hydrogen-bond acceptors (Lipinski definition) is 5. The molecule has 0 unspecified atom stereocenters. The fraction of sp³-hybridized carbons (Fsp3) is 0.500.